The quantitative estimate of drug-likeness (QED) is 0.606. The summed E-state index contributed by atoms with van der Waals surface area (Å²) in [4.78, 5) is 14.0. The lowest BCUT2D eigenvalue weighted by Crippen LogP contribution is -2.56. The highest BCUT2D eigenvalue weighted by atomic mass is 19.1. The number of benzene rings is 1. The first-order valence-corrected chi connectivity index (χ1v) is 11.9. The van der Waals surface area contributed by atoms with Crippen molar-refractivity contribution < 1.29 is 4.39 Å². The minimum atomic E-state index is -0.873. The van der Waals surface area contributed by atoms with E-state index in [0.29, 0.717) is 30.7 Å². The third kappa shape index (κ3) is 4.41. The van der Waals surface area contributed by atoms with Crippen LogP contribution >= 0.6 is 0 Å². The second-order valence-corrected chi connectivity index (χ2v) is 9.38. The van der Waals surface area contributed by atoms with Crippen LogP contribution in [0.3, 0.4) is 0 Å². The Labute approximate surface area is 199 Å². The van der Waals surface area contributed by atoms with E-state index in [4.69, 9.17) is 0 Å². The van der Waals surface area contributed by atoms with E-state index in [-0.39, 0.29) is 6.04 Å². The molecular weight excluding hydrogens is 429 g/mol. The van der Waals surface area contributed by atoms with Crippen LogP contribution in [0.4, 0.5) is 15.8 Å². The first-order chi connectivity index (χ1) is 16.5. The molecular formula is C26H30FN7. The highest BCUT2D eigenvalue weighted by Crippen LogP contribution is 2.31. The van der Waals surface area contributed by atoms with Crippen molar-refractivity contribution in [3.8, 4) is 6.07 Å². The van der Waals surface area contributed by atoms with Gasteiger partial charge in [0.05, 0.1) is 34.7 Å². The number of anilines is 2. The lowest BCUT2D eigenvalue weighted by Gasteiger charge is -2.45. The zero-order valence-electron chi connectivity index (χ0n) is 19.6. The van der Waals surface area contributed by atoms with Crippen LogP contribution in [0.2, 0.25) is 0 Å². The Hall–Kier alpha value is -3.28. The van der Waals surface area contributed by atoms with E-state index in [0.717, 1.165) is 47.6 Å². The molecule has 3 aromatic rings. The summed E-state index contributed by atoms with van der Waals surface area (Å²) in [6, 6.07) is 14.6. The maximum absolute atomic E-state index is 13.9. The molecule has 2 saturated heterocycles. The number of nitrogens with one attached hydrogen (secondary N) is 2. The SMILES string of the molecule is C[C@@H]1CN(c2ccc(C#N)c3ncccc23)C[C@H](C)N1Cc1ccc(N[C@@H]2CNC[C@@H]2F)cn1. The van der Waals surface area contributed by atoms with Gasteiger partial charge in [-0.3, -0.25) is 14.9 Å². The second-order valence-electron chi connectivity index (χ2n) is 9.38. The van der Waals surface area contributed by atoms with Gasteiger partial charge >= 0.3 is 0 Å². The average Bonchev–Trinajstić information content (AvgIpc) is 3.25. The van der Waals surface area contributed by atoms with Gasteiger partial charge in [-0.25, -0.2) is 4.39 Å². The van der Waals surface area contributed by atoms with Gasteiger partial charge in [-0.2, -0.15) is 5.26 Å². The summed E-state index contributed by atoms with van der Waals surface area (Å²) in [5.74, 6) is 0. The van der Waals surface area contributed by atoms with Crippen molar-refractivity contribution in [2.45, 2.75) is 44.7 Å². The van der Waals surface area contributed by atoms with Crippen LogP contribution in [0.25, 0.3) is 10.9 Å². The number of rotatable bonds is 5. The van der Waals surface area contributed by atoms with Crippen LogP contribution in [0.1, 0.15) is 25.1 Å². The number of halogens is 1. The van der Waals surface area contributed by atoms with Gasteiger partial charge in [0.1, 0.15) is 12.2 Å². The number of pyridine rings is 2. The second kappa shape index (κ2) is 9.53. The van der Waals surface area contributed by atoms with Crippen LogP contribution in [0, 0.1) is 11.3 Å². The van der Waals surface area contributed by atoms with E-state index in [9.17, 15) is 9.65 Å². The van der Waals surface area contributed by atoms with Gasteiger partial charge in [-0.1, -0.05) is 0 Å². The molecule has 8 heteroatoms. The third-order valence-corrected chi connectivity index (χ3v) is 6.97. The summed E-state index contributed by atoms with van der Waals surface area (Å²) in [5, 5.41) is 16.8. The summed E-state index contributed by atoms with van der Waals surface area (Å²) >= 11 is 0. The molecule has 1 aromatic carbocycles. The van der Waals surface area contributed by atoms with Crippen molar-refractivity contribution in [1.82, 2.24) is 20.2 Å². The summed E-state index contributed by atoms with van der Waals surface area (Å²) in [6.07, 6.45) is 2.67. The molecule has 5 rings (SSSR count). The molecule has 0 saturated carbocycles. The largest absolute Gasteiger partial charge is 0.377 e. The number of hydrogen-bond acceptors (Lipinski definition) is 7. The van der Waals surface area contributed by atoms with Crippen molar-refractivity contribution in [1.29, 1.82) is 5.26 Å². The lowest BCUT2D eigenvalue weighted by molar-refractivity contribution is 0.121. The molecule has 176 valence electrons. The van der Waals surface area contributed by atoms with Crippen molar-refractivity contribution >= 4 is 22.3 Å². The predicted molar refractivity (Wildman–Crippen MR) is 133 cm³/mol. The molecule has 0 aliphatic carbocycles. The molecule has 2 fully saturated rings. The maximum Gasteiger partial charge on any atom is 0.134 e. The van der Waals surface area contributed by atoms with Crippen LogP contribution in [0.5, 0.6) is 0 Å². The molecule has 2 aliphatic heterocycles. The Balaban J connectivity index is 1.27. The number of alkyl halides is 1. The molecule has 2 aliphatic rings. The highest BCUT2D eigenvalue weighted by molar-refractivity contribution is 5.95. The monoisotopic (exact) mass is 459 g/mol. The maximum atomic E-state index is 13.9. The number of nitriles is 1. The topological polar surface area (TPSA) is 80.1 Å². The van der Waals surface area contributed by atoms with E-state index in [2.05, 4.69) is 50.3 Å². The summed E-state index contributed by atoms with van der Waals surface area (Å²) in [6.45, 7) is 8.06. The van der Waals surface area contributed by atoms with Crippen LogP contribution < -0.4 is 15.5 Å². The van der Waals surface area contributed by atoms with E-state index in [1.807, 2.05) is 42.6 Å². The average molecular weight is 460 g/mol. The predicted octanol–water partition coefficient (Wildman–Crippen LogP) is 3.32. The van der Waals surface area contributed by atoms with Gasteiger partial charge in [0.25, 0.3) is 0 Å². The van der Waals surface area contributed by atoms with E-state index in [1.54, 1.807) is 6.20 Å². The Morgan fingerprint density at radius 1 is 1.12 bits per heavy atom. The molecule has 0 unspecified atom stereocenters. The summed E-state index contributed by atoms with van der Waals surface area (Å²) in [5.41, 5.74) is 4.35. The van der Waals surface area contributed by atoms with E-state index in [1.165, 1.54) is 0 Å². The molecule has 0 bridgehead atoms. The highest BCUT2D eigenvalue weighted by Gasteiger charge is 2.31. The minimum Gasteiger partial charge on any atom is -0.377 e. The first-order valence-electron chi connectivity index (χ1n) is 11.9. The Morgan fingerprint density at radius 2 is 1.94 bits per heavy atom. The minimum absolute atomic E-state index is 0.200. The molecule has 2 aromatic heterocycles. The molecule has 0 radical (unpaired) electrons. The summed E-state index contributed by atoms with van der Waals surface area (Å²) in [7, 11) is 0. The van der Waals surface area contributed by atoms with Gasteiger partial charge < -0.3 is 15.5 Å². The van der Waals surface area contributed by atoms with Crippen molar-refractivity contribution in [2.24, 2.45) is 0 Å². The van der Waals surface area contributed by atoms with Crippen molar-refractivity contribution in [3.63, 3.8) is 0 Å². The first kappa shape index (κ1) is 22.5. The third-order valence-electron chi connectivity index (χ3n) is 6.97. The standard InChI is InChI=1S/C26H30FN7/c1-17-14-33(25-8-5-19(10-28)26-22(25)4-3-9-30-26)15-18(2)34(17)16-21-7-6-20(11-31-21)32-24-13-29-12-23(24)27/h3-9,11,17-18,23-24,29,32H,12-16H2,1-2H3/t17-,18+,23-,24+/m0/s1. The fourth-order valence-electron chi connectivity index (χ4n) is 5.18. The molecule has 34 heavy (non-hydrogen) atoms. The molecule has 0 amide bonds. The molecule has 0 spiro atoms. The Kier molecular flexibility index (Phi) is 6.31. The van der Waals surface area contributed by atoms with Gasteiger partial charge in [0.2, 0.25) is 0 Å². The zero-order valence-corrected chi connectivity index (χ0v) is 19.6. The van der Waals surface area contributed by atoms with Crippen molar-refractivity contribution in [2.75, 3.05) is 36.4 Å². The Morgan fingerprint density at radius 3 is 2.62 bits per heavy atom. The number of aromatic nitrogens is 2. The fraction of sp³-hybridized carbons (Fsp3) is 0.423. The molecule has 7 nitrogen and oxygen atoms in total. The Bertz CT molecular complexity index is 1180. The van der Waals surface area contributed by atoms with Gasteiger partial charge in [-0.05, 0) is 50.2 Å². The molecule has 2 N–H and O–H groups in total. The molecule has 4 atom stereocenters. The summed E-state index contributed by atoms with van der Waals surface area (Å²) < 4.78 is 13.9. The van der Waals surface area contributed by atoms with Crippen LogP contribution in [-0.2, 0) is 6.54 Å². The molecule has 4 heterocycles. The van der Waals surface area contributed by atoms with E-state index >= 15 is 0 Å². The van der Waals surface area contributed by atoms with Gasteiger partial charge in [0, 0.05) is 62.1 Å². The van der Waals surface area contributed by atoms with Gasteiger partial charge in [-0.15, -0.1) is 0 Å². The van der Waals surface area contributed by atoms with Gasteiger partial charge in [0.15, 0.2) is 0 Å². The smallest absolute Gasteiger partial charge is 0.134 e. The fourth-order valence-corrected chi connectivity index (χ4v) is 5.18. The number of piperazine rings is 1. The number of nitrogens with zero attached hydrogens (tertiary/aromatic N) is 5. The van der Waals surface area contributed by atoms with E-state index < -0.39 is 6.17 Å². The van der Waals surface area contributed by atoms with Crippen LogP contribution in [0.15, 0.2) is 48.8 Å². The lowest BCUT2D eigenvalue weighted by atomic mass is 10.0. The zero-order chi connectivity index (χ0) is 23.7. The number of hydrogen-bond donors (Lipinski definition) is 2. The van der Waals surface area contributed by atoms with Crippen molar-refractivity contribution in [3.05, 3.63) is 60.0 Å². The number of fused-ring (bicyclic) bond motifs is 1. The van der Waals surface area contributed by atoms with Crippen LogP contribution in [-0.4, -0.2) is 65.3 Å². The normalized spacial score (nSPS) is 25.4.